The summed E-state index contributed by atoms with van der Waals surface area (Å²) in [6.45, 7) is 0.499. The summed E-state index contributed by atoms with van der Waals surface area (Å²) in [5.74, 6) is 1.10. The van der Waals surface area contributed by atoms with Crippen LogP contribution in [0.2, 0.25) is 0 Å². The van der Waals surface area contributed by atoms with Crippen molar-refractivity contribution in [3.05, 3.63) is 48.1 Å². The van der Waals surface area contributed by atoms with E-state index in [1.807, 2.05) is 0 Å². The van der Waals surface area contributed by atoms with Gasteiger partial charge in [0.1, 0.15) is 5.82 Å². The van der Waals surface area contributed by atoms with E-state index in [2.05, 4.69) is 10.1 Å². The highest BCUT2D eigenvalue weighted by molar-refractivity contribution is 7.89. The molecule has 0 N–H and O–H groups in total. The molecule has 2 heterocycles. The predicted molar refractivity (Wildman–Crippen MR) is 117 cm³/mol. The molecule has 1 aromatic heterocycles. The largest absolute Gasteiger partial charge is 0.493 e. The van der Waals surface area contributed by atoms with E-state index in [-0.39, 0.29) is 17.4 Å². The highest BCUT2D eigenvalue weighted by Crippen LogP contribution is 2.41. The summed E-state index contributed by atoms with van der Waals surface area (Å²) in [4.78, 5) is 4.43. The zero-order valence-corrected chi connectivity index (χ0v) is 19.3. The van der Waals surface area contributed by atoms with Gasteiger partial charge >= 0.3 is 0 Å². The SMILES string of the molecule is COc1cc(-c2noc([C@H]3CCCN(S(=O)(=O)c4cccc(F)c4)C3)n2)cc(OC)c1OC. The van der Waals surface area contributed by atoms with Crippen molar-refractivity contribution >= 4 is 10.0 Å². The van der Waals surface area contributed by atoms with Crippen LogP contribution in [-0.2, 0) is 10.0 Å². The molecule has 0 aliphatic carbocycles. The fraction of sp³-hybridized carbons (Fsp3) is 0.364. The maximum absolute atomic E-state index is 13.6. The van der Waals surface area contributed by atoms with E-state index in [0.29, 0.717) is 53.9 Å². The van der Waals surface area contributed by atoms with Gasteiger partial charge in [0.15, 0.2) is 11.5 Å². The number of nitrogens with zero attached hydrogens (tertiary/aromatic N) is 3. The molecule has 0 radical (unpaired) electrons. The maximum Gasteiger partial charge on any atom is 0.243 e. The molecule has 1 aliphatic rings. The molecule has 1 atom stereocenters. The van der Waals surface area contributed by atoms with Crippen LogP contribution in [0, 0.1) is 5.82 Å². The van der Waals surface area contributed by atoms with E-state index in [1.165, 1.54) is 43.8 Å². The molecular weight excluding hydrogens is 453 g/mol. The van der Waals surface area contributed by atoms with Crippen molar-refractivity contribution in [3.63, 3.8) is 0 Å². The number of ether oxygens (including phenoxy) is 3. The standard InChI is InChI=1S/C22H24FN3O6S/c1-29-18-10-15(11-19(30-2)20(18)31-3)21-24-22(32-25-21)14-6-5-9-26(13-14)33(27,28)17-8-4-7-16(23)12-17/h4,7-8,10-12,14H,5-6,9,13H2,1-3H3/t14-/m0/s1. The van der Waals surface area contributed by atoms with Gasteiger partial charge in [-0.1, -0.05) is 11.2 Å². The monoisotopic (exact) mass is 477 g/mol. The number of halogens is 1. The number of rotatable bonds is 7. The Morgan fingerprint density at radius 3 is 2.45 bits per heavy atom. The molecule has 0 bridgehead atoms. The third-order valence-corrected chi connectivity index (χ3v) is 7.39. The molecule has 11 heteroatoms. The first-order valence-corrected chi connectivity index (χ1v) is 11.7. The number of hydrogen-bond donors (Lipinski definition) is 0. The van der Waals surface area contributed by atoms with Crippen molar-refractivity contribution < 1.29 is 31.5 Å². The smallest absolute Gasteiger partial charge is 0.243 e. The number of benzene rings is 2. The Labute approximate surface area is 191 Å². The Balaban J connectivity index is 1.59. The molecule has 4 rings (SSSR count). The van der Waals surface area contributed by atoms with Crippen molar-refractivity contribution in [1.29, 1.82) is 0 Å². The van der Waals surface area contributed by atoms with Gasteiger partial charge in [-0.3, -0.25) is 0 Å². The van der Waals surface area contributed by atoms with E-state index in [9.17, 15) is 12.8 Å². The lowest BCUT2D eigenvalue weighted by Gasteiger charge is -2.30. The quantitative estimate of drug-likeness (QED) is 0.510. The molecule has 1 aliphatic heterocycles. The predicted octanol–water partition coefficient (Wildman–Crippen LogP) is 3.47. The zero-order valence-electron chi connectivity index (χ0n) is 18.4. The van der Waals surface area contributed by atoms with Gasteiger partial charge in [-0.25, -0.2) is 12.8 Å². The van der Waals surface area contributed by atoms with Crippen LogP contribution in [0.25, 0.3) is 11.4 Å². The first kappa shape index (κ1) is 23.0. The molecule has 3 aromatic rings. The van der Waals surface area contributed by atoms with Crippen LogP contribution in [0.1, 0.15) is 24.7 Å². The summed E-state index contributed by atoms with van der Waals surface area (Å²) in [5.41, 5.74) is 0.597. The van der Waals surface area contributed by atoms with Crippen LogP contribution in [0.4, 0.5) is 4.39 Å². The summed E-state index contributed by atoms with van der Waals surface area (Å²) in [6, 6.07) is 8.41. The third-order valence-electron chi connectivity index (χ3n) is 5.53. The van der Waals surface area contributed by atoms with Gasteiger partial charge in [-0.05, 0) is 43.2 Å². The van der Waals surface area contributed by atoms with Crippen molar-refractivity contribution in [2.45, 2.75) is 23.7 Å². The van der Waals surface area contributed by atoms with Crippen molar-refractivity contribution in [2.75, 3.05) is 34.4 Å². The van der Waals surface area contributed by atoms with Crippen molar-refractivity contribution in [1.82, 2.24) is 14.4 Å². The Bertz CT molecular complexity index is 1220. The zero-order chi connectivity index (χ0) is 23.6. The summed E-state index contributed by atoms with van der Waals surface area (Å²) in [6.07, 6.45) is 1.30. The number of aromatic nitrogens is 2. The Kier molecular flexibility index (Phi) is 6.52. The molecule has 1 fully saturated rings. The number of piperidine rings is 1. The van der Waals surface area contributed by atoms with Gasteiger partial charge in [0, 0.05) is 18.7 Å². The second-order valence-electron chi connectivity index (χ2n) is 7.53. The van der Waals surface area contributed by atoms with Crippen molar-refractivity contribution in [2.24, 2.45) is 0 Å². The lowest BCUT2D eigenvalue weighted by Crippen LogP contribution is -2.39. The van der Waals surface area contributed by atoms with Crippen LogP contribution in [-0.4, -0.2) is 57.3 Å². The summed E-state index contributed by atoms with van der Waals surface area (Å²) >= 11 is 0. The van der Waals surface area contributed by atoms with Crippen molar-refractivity contribution in [3.8, 4) is 28.6 Å². The Morgan fingerprint density at radius 1 is 1.09 bits per heavy atom. The van der Waals surface area contributed by atoms with Gasteiger partial charge in [0.25, 0.3) is 0 Å². The lowest BCUT2D eigenvalue weighted by atomic mass is 10.00. The topological polar surface area (TPSA) is 104 Å². The molecule has 1 saturated heterocycles. The van der Waals surface area contributed by atoms with Gasteiger partial charge in [-0.2, -0.15) is 9.29 Å². The van der Waals surface area contributed by atoms with Gasteiger partial charge in [0.2, 0.25) is 27.5 Å². The Morgan fingerprint density at radius 2 is 1.82 bits per heavy atom. The number of hydrogen-bond acceptors (Lipinski definition) is 8. The van der Waals surface area contributed by atoms with E-state index in [1.54, 1.807) is 12.1 Å². The molecule has 0 unspecified atom stereocenters. The van der Waals surface area contributed by atoms with Crippen LogP contribution in [0.5, 0.6) is 17.2 Å². The number of sulfonamides is 1. The first-order valence-electron chi connectivity index (χ1n) is 10.3. The highest BCUT2D eigenvalue weighted by atomic mass is 32.2. The minimum Gasteiger partial charge on any atom is -0.493 e. The molecule has 0 saturated carbocycles. The minimum atomic E-state index is -3.84. The summed E-state index contributed by atoms with van der Waals surface area (Å²) in [5, 5.41) is 4.07. The van der Waals surface area contributed by atoms with Gasteiger partial charge in [-0.15, -0.1) is 0 Å². The third kappa shape index (κ3) is 4.51. The average molecular weight is 478 g/mol. The highest BCUT2D eigenvalue weighted by Gasteiger charge is 2.33. The van der Waals surface area contributed by atoms with E-state index in [4.69, 9.17) is 18.7 Å². The van der Waals surface area contributed by atoms with E-state index in [0.717, 1.165) is 6.07 Å². The van der Waals surface area contributed by atoms with E-state index < -0.39 is 15.8 Å². The van der Waals surface area contributed by atoms with Crippen LogP contribution in [0.3, 0.4) is 0 Å². The summed E-state index contributed by atoms with van der Waals surface area (Å²) in [7, 11) is 0.698. The molecule has 0 spiro atoms. The van der Waals surface area contributed by atoms with Crippen LogP contribution >= 0.6 is 0 Å². The average Bonchev–Trinajstić information content (AvgIpc) is 3.33. The van der Waals surface area contributed by atoms with Crippen LogP contribution in [0.15, 0.2) is 45.8 Å². The minimum absolute atomic E-state index is 0.0770. The van der Waals surface area contributed by atoms with Gasteiger partial charge < -0.3 is 18.7 Å². The molecule has 33 heavy (non-hydrogen) atoms. The molecule has 2 aromatic carbocycles. The first-order chi connectivity index (χ1) is 15.9. The van der Waals surface area contributed by atoms with Gasteiger partial charge in [0.05, 0.1) is 32.1 Å². The molecule has 9 nitrogen and oxygen atoms in total. The second kappa shape index (κ2) is 9.36. The fourth-order valence-electron chi connectivity index (χ4n) is 3.87. The summed E-state index contributed by atoms with van der Waals surface area (Å²) < 4.78 is 62.5. The van der Waals surface area contributed by atoms with Crippen LogP contribution < -0.4 is 14.2 Å². The Hall–Kier alpha value is -3.18. The second-order valence-corrected chi connectivity index (χ2v) is 9.47. The maximum atomic E-state index is 13.6. The molecule has 176 valence electrons. The fourth-order valence-corrected chi connectivity index (χ4v) is 5.42. The lowest BCUT2D eigenvalue weighted by molar-refractivity contribution is 0.265. The molecule has 0 amide bonds. The number of methoxy groups -OCH3 is 3. The normalized spacial score (nSPS) is 17.0. The molecular formula is C22H24FN3O6S. The van der Waals surface area contributed by atoms with E-state index >= 15 is 0 Å².